The molecule has 0 atom stereocenters. The summed E-state index contributed by atoms with van der Waals surface area (Å²) in [6.45, 7) is 1.55. The van der Waals surface area contributed by atoms with Crippen molar-refractivity contribution < 1.29 is 9.18 Å². The predicted octanol–water partition coefficient (Wildman–Crippen LogP) is 4.21. The Balaban J connectivity index is 1.36. The summed E-state index contributed by atoms with van der Waals surface area (Å²) in [5.74, 6) is -0.211. The molecule has 8 nitrogen and oxygen atoms in total. The van der Waals surface area contributed by atoms with Gasteiger partial charge < -0.3 is 10.2 Å². The fourth-order valence-electron chi connectivity index (χ4n) is 3.52. The molecule has 2 aromatic carbocycles. The molecule has 0 radical (unpaired) electrons. The standard InChI is InChI=1S/C20H18BrFIN7O/c21-17-11-14(1-6-18(17)22)25-20(26-23)19(31)13-7-9-29(10-8-13)15-2-4-16(5-3-15)30-12-24-27-28-30/h1-6,11-13H,7-10H2,(H,25,26). The van der Waals surface area contributed by atoms with Gasteiger partial charge in [0.05, 0.1) is 33.0 Å². The number of amidine groups is 1. The molecule has 4 rings (SSSR count). The van der Waals surface area contributed by atoms with Gasteiger partial charge in [0.1, 0.15) is 12.1 Å². The molecule has 11 heteroatoms. The summed E-state index contributed by atoms with van der Waals surface area (Å²) in [5, 5.41) is 14.2. The number of hydrogen-bond donors (Lipinski definition) is 1. The first kappa shape index (κ1) is 21.8. The summed E-state index contributed by atoms with van der Waals surface area (Å²) < 4.78 is 19.5. The molecule has 0 unspecified atom stereocenters. The molecule has 0 spiro atoms. The fraction of sp³-hybridized carbons (Fsp3) is 0.250. The number of ketones is 1. The van der Waals surface area contributed by atoms with E-state index >= 15 is 0 Å². The number of halogens is 3. The van der Waals surface area contributed by atoms with Gasteiger partial charge in [-0.3, -0.25) is 4.79 Å². The van der Waals surface area contributed by atoms with E-state index in [2.05, 4.69) is 44.9 Å². The Morgan fingerprint density at radius 1 is 1.16 bits per heavy atom. The van der Waals surface area contributed by atoms with Crippen LogP contribution in [0.2, 0.25) is 0 Å². The van der Waals surface area contributed by atoms with Gasteiger partial charge in [-0.2, -0.15) is 3.21 Å². The van der Waals surface area contributed by atoms with E-state index in [-0.39, 0.29) is 23.4 Å². The number of carbonyl (C=O) groups is 1. The smallest absolute Gasteiger partial charge is 0.201 e. The monoisotopic (exact) mass is 597 g/mol. The van der Waals surface area contributed by atoms with E-state index in [4.69, 9.17) is 0 Å². The maximum atomic E-state index is 13.4. The van der Waals surface area contributed by atoms with Crippen molar-refractivity contribution in [3.8, 4) is 5.69 Å². The second kappa shape index (κ2) is 9.81. The van der Waals surface area contributed by atoms with Gasteiger partial charge in [-0.15, -0.1) is 5.10 Å². The van der Waals surface area contributed by atoms with Crippen LogP contribution in [0.15, 0.2) is 56.5 Å². The second-order valence-corrected chi connectivity index (χ2v) is 8.42. The van der Waals surface area contributed by atoms with E-state index in [9.17, 15) is 9.18 Å². The zero-order valence-electron chi connectivity index (χ0n) is 16.3. The molecule has 1 saturated heterocycles. The Morgan fingerprint density at radius 3 is 2.48 bits per heavy atom. The third kappa shape index (κ3) is 5.09. The van der Waals surface area contributed by atoms with Crippen LogP contribution in [-0.2, 0) is 4.79 Å². The van der Waals surface area contributed by atoms with Crippen LogP contribution < -0.4 is 10.2 Å². The molecule has 1 fully saturated rings. The maximum Gasteiger partial charge on any atom is 0.201 e. The van der Waals surface area contributed by atoms with E-state index in [0.717, 1.165) is 37.3 Å². The molecule has 1 aromatic heterocycles. The lowest BCUT2D eigenvalue weighted by molar-refractivity contribution is -0.116. The van der Waals surface area contributed by atoms with Crippen LogP contribution in [0.1, 0.15) is 12.8 Å². The summed E-state index contributed by atoms with van der Waals surface area (Å²) in [6.07, 6.45) is 3.02. The lowest BCUT2D eigenvalue weighted by atomic mass is 9.91. The summed E-state index contributed by atoms with van der Waals surface area (Å²) in [4.78, 5) is 15.2. The minimum absolute atomic E-state index is 0.0245. The van der Waals surface area contributed by atoms with Gasteiger partial charge in [-0.05, 0) is 81.7 Å². The highest BCUT2D eigenvalue weighted by Crippen LogP contribution is 2.26. The SMILES string of the molecule is O=C(/C(=N/I)Nc1ccc(F)c(Br)c1)C1CCN(c2ccc(-n3cnnn3)cc2)CC1. The summed E-state index contributed by atoms with van der Waals surface area (Å²) in [7, 11) is 0. The molecule has 2 heterocycles. The van der Waals surface area contributed by atoms with E-state index < -0.39 is 0 Å². The first-order valence-corrected chi connectivity index (χ1v) is 11.3. The Kier molecular flexibility index (Phi) is 6.90. The van der Waals surface area contributed by atoms with Crippen molar-refractivity contribution in [2.24, 2.45) is 9.12 Å². The summed E-state index contributed by atoms with van der Waals surface area (Å²) in [5.41, 5.74) is 2.59. The zero-order chi connectivity index (χ0) is 21.8. The van der Waals surface area contributed by atoms with Gasteiger partial charge in [0.15, 0.2) is 5.84 Å². The third-order valence-electron chi connectivity index (χ3n) is 5.19. The van der Waals surface area contributed by atoms with Gasteiger partial charge in [-0.25, -0.2) is 9.07 Å². The van der Waals surface area contributed by atoms with Gasteiger partial charge >= 0.3 is 0 Å². The van der Waals surface area contributed by atoms with Crippen molar-refractivity contribution in [3.63, 3.8) is 0 Å². The number of carbonyl (C=O) groups excluding carboxylic acids is 1. The zero-order valence-corrected chi connectivity index (χ0v) is 20.0. The molecular weight excluding hydrogens is 580 g/mol. The molecule has 160 valence electrons. The Bertz CT molecular complexity index is 1080. The molecule has 1 N–H and O–H groups in total. The highest BCUT2D eigenvalue weighted by molar-refractivity contribution is 14.1. The number of anilines is 2. The van der Waals surface area contributed by atoms with Gasteiger partial charge in [0.2, 0.25) is 5.78 Å². The molecule has 1 aliphatic heterocycles. The Hall–Kier alpha value is -2.41. The van der Waals surface area contributed by atoms with E-state index in [1.807, 2.05) is 47.1 Å². The van der Waals surface area contributed by atoms with Gasteiger partial charge in [0, 0.05) is 30.4 Å². The minimum Gasteiger partial charge on any atom is -0.371 e. The minimum atomic E-state index is -0.358. The number of tetrazole rings is 1. The summed E-state index contributed by atoms with van der Waals surface area (Å²) >= 11 is 4.97. The lowest BCUT2D eigenvalue weighted by Gasteiger charge is -2.33. The quantitative estimate of drug-likeness (QED) is 0.269. The van der Waals surface area contributed by atoms with Crippen molar-refractivity contribution in [1.82, 2.24) is 20.2 Å². The first-order chi connectivity index (χ1) is 15.0. The number of nitrogens with one attached hydrogen (secondary N) is 1. The van der Waals surface area contributed by atoms with Crippen molar-refractivity contribution >= 4 is 61.8 Å². The van der Waals surface area contributed by atoms with Crippen LogP contribution in [0, 0.1) is 11.7 Å². The largest absolute Gasteiger partial charge is 0.371 e. The molecular formula is C20H18BrFIN7O. The Labute approximate surface area is 200 Å². The second-order valence-electron chi connectivity index (χ2n) is 7.08. The third-order valence-corrected chi connectivity index (χ3v) is 6.28. The van der Waals surface area contributed by atoms with Crippen LogP contribution in [-0.4, -0.2) is 44.9 Å². The topological polar surface area (TPSA) is 88.3 Å². The number of hydrogen-bond acceptors (Lipinski definition) is 6. The number of rotatable bonds is 5. The lowest BCUT2D eigenvalue weighted by Crippen LogP contribution is -2.39. The molecule has 31 heavy (non-hydrogen) atoms. The van der Waals surface area contributed by atoms with Gasteiger partial charge in [-0.1, -0.05) is 0 Å². The van der Waals surface area contributed by atoms with Crippen LogP contribution >= 0.6 is 38.8 Å². The molecule has 0 amide bonds. The molecule has 1 aliphatic rings. The van der Waals surface area contributed by atoms with E-state index in [1.165, 1.54) is 6.07 Å². The molecule has 0 saturated carbocycles. The van der Waals surface area contributed by atoms with Crippen LogP contribution in [0.4, 0.5) is 15.8 Å². The van der Waals surface area contributed by atoms with E-state index in [0.29, 0.717) is 10.2 Å². The van der Waals surface area contributed by atoms with Crippen molar-refractivity contribution in [2.75, 3.05) is 23.3 Å². The normalized spacial score (nSPS) is 15.2. The highest BCUT2D eigenvalue weighted by atomic mass is 127. The number of nitrogens with zero attached hydrogens (tertiary/aromatic N) is 6. The number of piperidine rings is 1. The van der Waals surface area contributed by atoms with Crippen LogP contribution in [0.3, 0.4) is 0 Å². The van der Waals surface area contributed by atoms with Crippen molar-refractivity contribution in [2.45, 2.75) is 12.8 Å². The maximum absolute atomic E-state index is 13.4. The predicted molar refractivity (Wildman–Crippen MR) is 128 cm³/mol. The highest BCUT2D eigenvalue weighted by Gasteiger charge is 2.28. The number of Topliss-reactive ketones (excluding diaryl/α,β-unsaturated/α-hetero) is 1. The number of benzene rings is 2. The van der Waals surface area contributed by atoms with Crippen LogP contribution in [0.25, 0.3) is 5.69 Å². The first-order valence-electron chi connectivity index (χ1n) is 9.59. The summed E-state index contributed by atoms with van der Waals surface area (Å²) in [6, 6.07) is 12.5. The number of aromatic nitrogens is 4. The molecule has 0 bridgehead atoms. The molecule has 3 aromatic rings. The average Bonchev–Trinajstić information content (AvgIpc) is 3.35. The van der Waals surface area contributed by atoms with Crippen LogP contribution in [0.5, 0.6) is 0 Å². The van der Waals surface area contributed by atoms with Crippen molar-refractivity contribution in [3.05, 3.63) is 59.1 Å². The average molecular weight is 598 g/mol. The van der Waals surface area contributed by atoms with Gasteiger partial charge in [0.25, 0.3) is 0 Å². The van der Waals surface area contributed by atoms with Crippen molar-refractivity contribution in [1.29, 1.82) is 0 Å². The molecule has 0 aliphatic carbocycles. The Morgan fingerprint density at radius 2 is 1.87 bits per heavy atom. The van der Waals surface area contributed by atoms with E-state index in [1.54, 1.807) is 23.1 Å². The fourth-order valence-corrected chi connectivity index (χ4v) is 4.26.